The van der Waals surface area contributed by atoms with E-state index in [4.69, 9.17) is 4.74 Å². The number of ether oxygens (including phenoxy) is 1. The quantitative estimate of drug-likeness (QED) is 0.276. The monoisotopic (exact) mass is 467 g/mol. The summed E-state index contributed by atoms with van der Waals surface area (Å²) in [6.07, 6.45) is 2.74. The Morgan fingerprint density at radius 2 is 2.08 bits per heavy atom. The van der Waals surface area contributed by atoms with Crippen LogP contribution in [0.15, 0.2) is 29.3 Å². The molecular weight excluding hydrogens is 441 g/mol. The Hall–Kier alpha value is -1.03. The van der Waals surface area contributed by atoms with Gasteiger partial charge >= 0.3 is 0 Å². The van der Waals surface area contributed by atoms with Gasteiger partial charge in [0.1, 0.15) is 21.7 Å². The number of hydrogen-bond acceptors (Lipinski definition) is 4. The Bertz CT molecular complexity index is 625. The highest BCUT2D eigenvalue weighted by molar-refractivity contribution is 14.0. The molecule has 0 spiro atoms. The third-order valence-corrected chi connectivity index (χ3v) is 4.53. The zero-order chi connectivity index (χ0) is 16.7. The molecule has 1 aliphatic rings. The minimum absolute atomic E-state index is 0. The van der Waals surface area contributed by atoms with Crippen LogP contribution in [0.3, 0.4) is 0 Å². The second-order valence-electron chi connectivity index (χ2n) is 5.68. The molecule has 0 fully saturated rings. The van der Waals surface area contributed by atoms with E-state index in [0.29, 0.717) is 25.5 Å². The average molecular weight is 467 g/mol. The summed E-state index contributed by atoms with van der Waals surface area (Å²) in [4.78, 5) is 4.53. The van der Waals surface area contributed by atoms with E-state index in [1.54, 1.807) is 0 Å². The normalized spacial score (nSPS) is 16.8. The predicted molar refractivity (Wildman–Crippen MR) is 108 cm³/mol. The van der Waals surface area contributed by atoms with Gasteiger partial charge < -0.3 is 15.4 Å². The molecule has 8 heteroatoms. The summed E-state index contributed by atoms with van der Waals surface area (Å²) >= 11 is 0. The maximum absolute atomic E-state index is 11.1. The second-order valence-corrected chi connectivity index (χ2v) is 7.94. The molecule has 1 heterocycles. The van der Waals surface area contributed by atoms with Crippen LogP contribution in [-0.2, 0) is 16.3 Å². The van der Waals surface area contributed by atoms with Crippen LogP contribution >= 0.6 is 24.0 Å². The van der Waals surface area contributed by atoms with Crippen molar-refractivity contribution in [2.75, 3.05) is 31.6 Å². The predicted octanol–water partition coefficient (Wildman–Crippen LogP) is 1.60. The zero-order valence-electron chi connectivity index (χ0n) is 14.1. The number of rotatable bonds is 7. The van der Waals surface area contributed by atoms with Crippen molar-refractivity contribution < 1.29 is 13.2 Å². The summed E-state index contributed by atoms with van der Waals surface area (Å²) in [5.41, 5.74) is 1.22. The van der Waals surface area contributed by atoms with Crippen molar-refractivity contribution in [1.82, 2.24) is 10.6 Å². The third-order valence-electron chi connectivity index (χ3n) is 3.50. The van der Waals surface area contributed by atoms with Gasteiger partial charge in [-0.1, -0.05) is 18.2 Å². The van der Waals surface area contributed by atoms with Crippen LogP contribution in [0.5, 0.6) is 5.75 Å². The Morgan fingerprint density at radius 3 is 2.75 bits per heavy atom. The van der Waals surface area contributed by atoms with Gasteiger partial charge in [-0.15, -0.1) is 24.0 Å². The number of guanidine groups is 1. The maximum Gasteiger partial charge on any atom is 0.191 e. The van der Waals surface area contributed by atoms with Crippen LogP contribution in [0.2, 0.25) is 0 Å². The van der Waals surface area contributed by atoms with E-state index in [1.807, 2.05) is 25.1 Å². The fraction of sp³-hybridized carbons (Fsp3) is 0.562. The molecule has 1 atom stereocenters. The van der Waals surface area contributed by atoms with Crippen molar-refractivity contribution in [3.05, 3.63) is 29.8 Å². The first-order valence-corrected chi connectivity index (χ1v) is 9.98. The van der Waals surface area contributed by atoms with Gasteiger partial charge in [-0.05, 0) is 25.0 Å². The molecule has 0 bridgehead atoms. The van der Waals surface area contributed by atoms with Gasteiger partial charge in [0.15, 0.2) is 5.96 Å². The Kier molecular flexibility index (Phi) is 8.82. The highest BCUT2D eigenvalue weighted by Crippen LogP contribution is 2.28. The first-order valence-electron chi connectivity index (χ1n) is 7.92. The zero-order valence-corrected chi connectivity index (χ0v) is 17.3. The van der Waals surface area contributed by atoms with Gasteiger partial charge in [0.25, 0.3) is 0 Å². The molecular formula is C16H26IN3O3S. The van der Waals surface area contributed by atoms with Crippen LogP contribution in [0.25, 0.3) is 0 Å². The Labute approximate surface area is 161 Å². The lowest BCUT2D eigenvalue weighted by molar-refractivity contribution is 0.241. The molecule has 0 saturated heterocycles. The Morgan fingerprint density at radius 1 is 1.33 bits per heavy atom. The molecule has 0 saturated carbocycles. The number of sulfone groups is 1. The summed E-state index contributed by atoms with van der Waals surface area (Å²) in [6, 6.07) is 8.04. The molecule has 2 rings (SSSR count). The minimum atomic E-state index is -2.91. The first-order chi connectivity index (χ1) is 11.0. The lowest BCUT2D eigenvalue weighted by Crippen LogP contribution is -2.39. The number of halogens is 1. The van der Waals surface area contributed by atoms with Gasteiger partial charge in [-0.25, -0.2) is 13.4 Å². The highest BCUT2D eigenvalue weighted by Gasteiger charge is 2.21. The highest BCUT2D eigenvalue weighted by atomic mass is 127. The fourth-order valence-electron chi connectivity index (χ4n) is 2.43. The van der Waals surface area contributed by atoms with Gasteiger partial charge in [-0.2, -0.15) is 0 Å². The second kappa shape index (κ2) is 10.1. The van der Waals surface area contributed by atoms with Crippen LogP contribution in [0.1, 0.15) is 18.9 Å². The number of benzene rings is 1. The summed E-state index contributed by atoms with van der Waals surface area (Å²) in [5, 5.41) is 6.32. The van der Waals surface area contributed by atoms with E-state index in [1.165, 1.54) is 11.8 Å². The van der Waals surface area contributed by atoms with E-state index < -0.39 is 9.84 Å². The SMILES string of the molecule is CCNC(=NCC1Cc2ccccc2O1)NCCCS(C)(=O)=O.I. The lowest BCUT2D eigenvalue weighted by atomic mass is 10.1. The van der Waals surface area contributed by atoms with Crippen molar-refractivity contribution >= 4 is 39.8 Å². The topological polar surface area (TPSA) is 79.8 Å². The maximum atomic E-state index is 11.1. The van der Waals surface area contributed by atoms with Crippen molar-refractivity contribution in [1.29, 1.82) is 0 Å². The lowest BCUT2D eigenvalue weighted by Gasteiger charge is -2.13. The number of aliphatic imine (C=N–C) groups is 1. The van der Waals surface area contributed by atoms with E-state index in [2.05, 4.69) is 21.7 Å². The molecule has 2 N–H and O–H groups in total. The largest absolute Gasteiger partial charge is 0.488 e. The third kappa shape index (κ3) is 7.25. The molecule has 24 heavy (non-hydrogen) atoms. The summed E-state index contributed by atoms with van der Waals surface area (Å²) in [6.45, 7) is 3.89. The van der Waals surface area contributed by atoms with Crippen molar-refractivity contribution in [3.63, 3.8) is 0 Å². The molecule has 0 aliphatic carbocycles. The molecule has 1 aliphatic heterocycles. The molecule has 0 radical (unpaired) electrons. The minimum Gasteiger partial charge on any atom is -0.488 e. The number of nitrogens with zero attached hydrogens (tertiary/aromatic N) is 1. The smallest absolute Gasteiger partial charge is 0.191 e. The van der Waals surface area contributed by atoms with Gasteiger partial charge in [-0.3, -0.25) is 0 Å². The molecule has 0 amide bonds. The standard InChI is InChI=1S/C16H25N3O3S.HI/c1-3-17-16(18-9-6-10-23(2,20)21)19-12-14-11-13-7-4-5-8-15(13)22-14;/h4-5,7-8,14H,3,6,9-12H2,1-2H3,(H2,17,18,19);1H. The molecule has 1 aromatic rings. The van der Waals surface area contributed by atoms with E-state index in [9.17, 15) is 8.42 Å². The number of hydrogen-bond donors (Lipinski definition) is 2. The summed E-state index contributed by atoms with van der Waals surface area (Å²) in [7, 11) is -2.91. The number of para-hydroxylation sites is 1. The van der Waals surface area contributed by atoms with Crippen LogP contribution in [0.4, 0.5) is 0 Å². The average Bonchev–Trinajstić information content (AvgIpc) is 2.90. The molecule has 6 nitrogen and oxygen atoms in total. The van der Waals surface area contributed by atoms with Crippen molar-refractivity contribution in [3.8, 4) is 5.75 Å². The molecule has 0 aromatic heterocycles. The number of nitrogens with one attached hydrogen (secondary N) is 2. The molecule has 1 unspecified atom stereocenters. The summed E-state index contributed by atoms with van der Waals surface area (Å²) in [5.74, 6) is 1.82. The van der Waals surface area contributed by atoms with Crippen LogP contribution in [-0.4, -0.2) is 52.1 Å². The summed E-state index contributed by atoms with van der Waals surface area (Å²) < 4.78 is 28.1. The van der Waals surface area contributed by atoms with E-state index in [-0.39, 0.29) is 35.8 Å². The molecule has 1 aromatic carbocycles. The van der Waals surface area contributed by atoms with E-state index >= 15 is 0 Å². The van der Waals surface area contributed by atoms with Gasteiger partial charge in [0.2, 0.25) is 0 Å². The van der Waals surface area contributed by atoms with Crippen molar-refractivity contribution in [2.24, 2.45) is 4.99 Å². The van der Waals surface area contributed by atoms with Crippen molar-refractivity contribution in [2.45, 2.75) is 25.9 Å². The van der Waals surface area contributed by atoms with Crippen LogP contribution in [0, 0.1) is 0 Å². The van der Waals surface area contributed by atoms with Crippen LogP contribution < -0.4 is 15.4 Å². The fourth-order valence-corrected chi connectivity index (χ4v) is 3.10. The van der Waals surface area contributed by atoms with Gasteiger partial charge in [0, 0.05) is 25.8 Å². The van der Waals surface area contributed by atoms with E-state index in [0.717, 1.165) is 18.7 Å². The Balaban J connectivity index is 0.00000288. The molecule has 136 valence electrons. The van der Waals surface area contributed by atoms with Gasteiger partial charge in [0.05, 0.1) is 12.3 Å². The number of fused-ring (bicyclic) bond motifs is 1. The first kappa shape index (κ1) is 21.0.